The highest BCUT2D eigenvalue weighted by molar-refractivity contribution is 6.14. The number of para-hydroxylation sites is 6. The lowest BCUT2D eigenvalue weighted by atomic mass is 10.0. The number of aromatic nitrogens is 5. The summed E-state index contributed by atoms with van der Waals surface area (Å²) in [4.78, 5) is 5.25. The van der Waals surface area contributed by atoms with Crippen molar-refractivity contribution >= 4 is 87.2 Å². The molecular formula is C65H41N5. The maximum atomic E-state index is 5.25. The van der Waals surface area contributed by atoms with E-state index in [9.17, 15) is 0 Å². The van der Waals surface area contributed by atoms with Gasteiger partial charge in [0.2, 0.25) is 0 Å². The third kappa shape index (κ3) is 5.69. The van der Waals surface area contributed by atoms with Gasteiger partial charge in [0.15, 0.2) is 0 Å². The maximum Gasteiger partial charge on any atom is 0.137 e. The fraction of sp³-hybridized carbons (Fsp3) is 0. The molecule has 0 aliphatic heterocycles. The number of nitrogens with zero attached hydrogens (tertiary/aromatic N) is 5. The third-order valence-corrected chi connectivity index (χ3v) is 14.6. The minimum absolute atomic E-state index is 0.878. The van der Waals surface area contributed by atoms with Crippen LogP contribution in [0.25, 0.3) is 132 Å². The summed E-state index contributed by atoms with van der Waals surface area (Å²) in [5.41, 5.74) is 17.4. The third-order valence-electron chi connectivity index (χ3n) is 14.6. The zero-order valence-corrected chi connectivity index (χ0v) is 37.9. The summed E-state index contributed by atoms with van der Waals surface area (Å²) in [6, 6.07) is 88.2. The summed E-state index contributed by atoms with van der Waals surface area (Å²) in [6.07, 6.45) is 2.03. The SMILES string of the molecule is c1ccc(-n2c3ccccc3c3ccc(-c4ccc5c(c4)c4ccccc4n5-c4ccc(-n5c6ccccc6c6cc(-c7ccc8c9ccccc9n(-c9ccccc9)c8c7)ccc65)nc4)cc32)cc1. The first-order chi connectivity index (χ1) is 34.7. The predicted octanol–water partition coefficient (Wildman–Crippen LogP) is 16.8. The van der Waals surface area contributed by atoms with Crippen LogP contribution in [0.15, 0.2) is 249 Å². The number of fused-ring (bicyclic) bond motifs is 12. The molecule has 15 rings (SSSR count). The van der Waals surface area contributed by atoms with Crippen molar-refractivity contribution in [1.82, 2.24) is 23.3 Å². The van der Waals surface area contributed by atoms with Gasteiger partial charge in [-0.15, -0.1) is 0 Å². The molecule has 0 saturated heterocycles. The zero-order chi connectivity index (χ0) is 45.9. The van der Waals surface area contributed by atoms with Gasteiger partial charge >= 0.3 is 0 Å². The quantitative estimate of drug-likeness (QED) is 0.164. The molecule has 0 N–H and O–H groups in total. The first-order valence-corrected chi connectivity index (χ1v) is 23.9. The van der Waals surface area contributed by atoms with Crippen LogP contribution in [0.4, 0.5) is 0 Å². The van der Waals surface area contributed by atoms with Gasteiger partial charge in [0, 0.05) is 54.5 Å². The first kappa shape index (κ1) is 38.6. The van der Waals surface area contributed by atoms with E-state index in [-0.39, 0.29) is 0 Å². The summed E-state index contributed by atoms with van der Waals surface area (Å²) < 4.78 is 9.44. The van der Waals surface area contributed by atoms with Crippen LogP contribution in [0.3, 0.4) is 0 Å². The number of rotatable bonds is 6. The van der Waals surface area contributed by atoms with E-state index in [1.165, 1.54) is 87.4 Å². The molecule has 0 radical (unpaired) electrons. The van der Waals surface area contributed by atoms with Crippen LogP contribution < -0.4 is 0 Å². The molecule has 0 saturated carbocycles. The van der Waals surface area contributed by atoms with Gasteiger partial charge in [0.1, 0.15) is 5.82 Å². The molecule has 0 fully saturated rings. The van der Waals surface area contributed by atoms with Crippen LogP contribution in [-0.4, -0.2) is 23.3 Å². The molecule has 15 aromatic rings. The Morgan fingerprint density at radius 3 is 1.01 bits per heavy atom. The van der Waals surface area contributed by atoms with Crippen LogP contribution in [0.1, 0.15) is 0 Å². The van der Waals surface area contributed by atoms with Crippen molar-refractivity contribution in [3.8, 4) is 45.1 Å². The van der Waals surface area contributed by atoms with E-state index in [0.29, 0.717) is 0 Å². The monoisotopic (exact) mass is 891 g/mol. The Morgan fingerprint density at radius 1 is 0.214 bits per heavy atom. The summed E-state index contributed by atoms with van der Waals surface area (Å²) in [6.45, 7) is 0. The van der Waals surface area contributed by atoms with Crippen LogP contribution >= 0.6 is 0 Å². The van der Waals surface area contributed by atoms with Crippen molar-refractivity contribution < 1.29 is 0 Å². The van der Waals surface area contributed by atoms with E-state index >= 15 is 0 Å². The smallest absolute Gasteiger partial charge is 0.137 e. The number of hydrogen-bond donors (Lipinski definition) is 0. The molecule has 5 heterocycles. The van der Waals surface area contributed by atoms with Gasteiger partial charge in [0.05, 0.1) is 56.0 Å². The average molecular weight is 892 g/mol. The average Bonchev–Trinajstić information content (AvgIpc) is 4.15. The highest BCUT2D eigenvalue weighted by Gasteiger charge is 2.19. The van der Waals surface area contributed by atoms with E-state index < -0.39 is 0 Å². The molecule has 0 amide bonds. The standard InChI is InChI=1S/C65H41N5/c1-3-15-46(16-4-1)67-57-23-11-7-19-49(57)53-32-27-44(39-63(53)67)42-29-34-61-55(37-42)51-21-9-13-25-59(51)69(61)48-31-36-65(66-41-48)70-60-26-14-10-22-52(60)56-38-43(30-35-62(56)70)45-28-33-54-50-20-8-12-24-58(50)68(64(54)40-45)47-17-5-2-6-18-47/h1-41H. The molecule has 0 aliphatic carbocycles. The molecule has 0 spiro atoms. The van der Waals surface area contributed by atoms with E-state index in [4.69, 9.17) is 4.98 Å². The lowest BCUT2D eigenvalue weighted by Crippen LogP contribution is -2.00. The van der Waals surface area contributed by atoms with Crippen molar-refractivity contribution in [3.05, 3.63) is 249 Å². The number of benzene rings is 10. The Balaban J connectivity index is 0.823. The topological polar surface area (TPSA) is 32.6 Å². The Kier molecular flexibility index (Phi) is 8.29. The first-order valence-electron chi connectivity index (χ1n) is 23.9. The van der Waals surface area contributed by atoms with Gasteiger partial charge in [-0.2, -0.15) is 0 Å². The fourth-order valence-corrected chi connectivity index (χ4v) is 11.5. The minimum atomic E-state index is 0.878. The second kappa shape index (κ2) is 15.0. The van der Waals surface area contributed by atoms with Gasteiger partial charge in [-0.1, -0.05) is 146 Å². The Labute approximate surface area is 402 Å². The van der Waals surface area contributed by atoms with E-state index in [0.717, 1.165) is 44.9 Å². The molecule has 0 aliphatic rings. The molecule has 10 aromatic carbocycles. The van der Waals surface area contributed by atoms with Crippen molar-refractivity contribution in [3.63, 3.8) is 0 Å². The summed E-state index contributed by atoms with van der Waals surface area (Å²) >= 11 is 0. The van der Waals surface area contributed by atoms with E-state index in [1.807, 2.05) is 6.20 Å². The van der Waals surface area contributed by atoms with Gasteiger partial charge in [0.25, 0.3) is 0 Å². The van der Waals surface area contributed by atoms with Gasteiger partial charge in [-0.25, -0.2) is 4.98 Å². The normalized spacial score (nSPS) is 12.0. The maximum absolute atomic E-state index is 5.25. The molecule has 0 atom stereocenters. The molecule has 70 heavy (non-hydrogen) atoms. The lowest BCUT2D eigenvalue weighted by Gasteiger charge is -2.11. The second-order valence-corrected chi connectivity index (χ2v) is 18.4. The van der Waals surface area contributed by atoms with Crippen molar-refractivity contribution in [2.45, 2.75) is 0 Å². The highest BCUT2D eigenvalue weighted by atomic mass is 15.1. The van der Waals surface area contributed by atoms with Gasteiger partial charge < -0.3 is 13.7 Å². The van der Waals surface area contributed by atoms with Crippen LogP contribution in [0.5, 0.6) is 0 Å². The van der Waals surface area contributed by atoms with Crippen LogP contribution in [0.2, 0.25) is 0 Å². The van der Waals surface area contributed by atoms with E-state index in [1.54, 1.807) is 0 Å². The molecular weight excluding hydrogens is 851 g/mol. The Morgan fingerprint density at radius 2 is 0.557 bits per heavy atom. The Hall–Kier alpha value is -9.45. The molecule has 326 valence electrons. The van der Waals surface area contributed by atoms with Crippen molar-refractivity contribution in [1.29, 1.82) is 0 Å². The summed E-state index contributed by atoms with van der Waals surface area (Å²) in [7, 11) is 0. The highest BCUT2D eigenvalue weighted by Crippen LogP contribution is 2.41. The Bertz CT molecular complexity index is 4270. The number of hydrogen-bond acceptors (Lipinski definition) is 1. The van der Waals surface area contributed by atoms with Crippen molar-refractivity contribution in [2.24, 2.45) is 0 Å². The molecule has 5 heteroatoms. The number of pyridine rings is 1. The molecule has 5 aromatic heterocycles. The molecule has 0 unspecified atom stereocenters. The zero-order valence-electron chi connectivity index (χ0n) is 37.9. The van der Waals surface area contributed by atoms with Crippen molar-refractivity contribution in [2.75, 3.05) is 0 Å². The molecule has 0 bridgehead atoms. The largest absolute Gasteiger partial charge is 0.309 e. The minimum Gasteiger partial charge on any atom is -0.309 e. The van der Waals surface area contributed by atoms with Gasteiger partial charge in [-0.3, -0.25) is 4.57 Å². The summed E-state index contributed by atoms with van der Waals surface area (Å²) in [5.74, 6) is 0.878. The van der Waals surface area contributed by atoms with Crippen LogP contribution in [-0.2, 0) is 0 Å². The fourth-order valence-electron chi connectivity index (χ4n) is 11.5. The van der Waals surface area contributed by atoms with Crippen LogP contribution in [0, 0.1) is 0 Å². The predicted molar refractivity (Wildman–Crippen MR) is 292 cm³/mol. The van der Waals surface area contributed by atoms with E-state index in [2.05, 4.69) is 261 Å². The van der Waals surface area contributed by atoms with Gasteiger partial charge in [-0.05, 0) is 119 Å². The second-order valence-electron chi connectivity index (χ2n) is 18.4. The summed E-state index contributed by atoms with van der Waals surface area (Å²) in [5, 5.41) is 9.82. The molecule has 5 nitrogen and oxygen atoms in total. The lowest BCUT2D eigenvalue weighted by molar-refractivity contribution is 1.05.